The number of thiophene rings is 1. The largest absolute Gasteiger partial charge is 0.444 e. The first-order valence-electron chi connectivity index (χ1n) is 7.15. The van der Waals surface area contributed by atoms with Crippen molar-refractivity contribution in [1.29, 1.82) is 0 Å². The number of likely N-dealkylation sites (tertiary alicyclic amines) is 1. The first-order valence-corrected chi connectivity index (χ1v) is 8.03. The van der Waals surface area contributed by atoms with Crippen molar-refractivity contribution in [2.75, 3.05) is 13.1 Å². The summed E-state index contributed by atoms with van der Waals surface area (Å²) in [7, 11) is 0. The highest BCUT2D eigenvalue weighted by Crippen LogP contribution is 2.19. The van der Waals surface area contributed by atoms with E-state index in [9.17, 15) is 4.79 Å². The summed E-state index contributed by atoms with van der Waals surface area (Å²) in [6.45, 7) is 10.2. The number of carbonyl (C=O) groups is 1. The van der Waals surface area contributed by atoms with E-state index >= 15 is 0 Å². The van der Waals surface area contributed by atoms with E-state index in [-0.39, 0.29) is 6.09 Å². The van der Waals surface area contributed by atoms with E-state index in [0.29, 0.717) is 6.04 Å². The number of carbonyl (C=O) groups excluding carboxylic acids is 1. The lowest BCUT2D eigenvalue weighted by Gasteiger charge is -2.40. The smallest absolute Gasteiger partial charge is 0.410 e. The summed E-state index contributed by atoms with van der Waals surface area (Å²) in [6, 6.07) is 2.57. The van der Waals surface area contributed by atoms with Crippen LogP contribution in [0.15, 0.2) is 11.4 Å². The fraction of sp³-hybridized carbons (Fsp3) is 0.667. The van der Waals surface area contributed by atoms with Gasteiger partial charge < -0.3 is 15.0 Å². The zero-order valence-electron chi connectivity index (χ0n) is 12.7. The molecule has 1 saturated heterocycles. The number of nitrogens with one attached hydrogen (secondary N) is 1. The van der Waals surface area contributed by atoms with Gasteiger partial charge in [0.15, 0.2) is 0 Å². The van der Waals surface area contributed by atoms with Crippen LogP contribution in [-0.2, 0) is 17.7 Å². The Morgan fingerprint density at radius 3 is 2.80 bits per heavy atom. The zero-order valence-corrected chi connectivity index (χ0v) is 13.5. The number of amides is 1. The summed E-state index contributed by atoms with van der Waals surface area (Å²) in [4.78, 5) is 15.0. The van der Waals surface area contributed by atoms with Crippen molar-refractivity contribution in [3.05, 3.63) is 21.9 Å². The van der Waals surface area contributed by atoms with Gasteiger partial charge in [-0.2, -0.15) is 0 Å². The molecule has 0 atom stereocenters. The quantitative estimate of drug-likeness (QED) is 0.928. The van der Waals surface area contributed by atoms with Crippen molar-refractivity contribution in [3.63, 3.8) is 0 Å². The van der Waals surface area contributed by atoms with Crippen LogP contribution in [0.25, 0.3) is 0 Å². The maximum atomic E-state index is 11.8. The van der Waals surface area contributed by atoms with E-state index in [0.717, 1.165) is 26.1 Å². The van der Waals surface area contributed by atoms with E-state index in [2.05, 4.69) is 23.7 Å². The molecule has 0 bridgehead atoms. The predicted octanol–water partition coefficient (Wildman–Crippen LogP) is 3.02. The summed E-state index contributed by atoms with van der Waals surface area (Å²) in [6.07, 6.45) is 0.871. The Balaban J connectivity index is 1.71. The second kappa shape index (κ2) is 6.14. The molecule has 1 aromatic rings. The summed E-state index contributed by atoms with van der Waals surface area (Å²) in [5.74, 6) is 0. The number of ether oxygens (including phenoxy) is 1. The van der Waals surface area contributed by atoms with Crippen molar-refractivity contribution in [2.24, 2.45) is 0 Å². The third kappa shape index (κ3) is 3.96. The first-order chi connectivity index (χ1) is 9.39. The molecule has 20 heavy (non-hydrogen) atoms. The van der Waals surface area contributed by atoms with Gasteiger partial charge in [0.25, 0.3) is 0 Å². The van der Waals surface area contributed by atoms with Gasteiger partial charge in [-0.3, -0.25) is 0 Å². The van der Waals surface area contributed by atoms with Crippen molar-refractivity contribution >= 4 is 17.4 Å². The van der Waals surface area contributed by atoms with Crippen LogP contribution in [0.3, 0.4) is 0 Å². The van der Waals surface area contributed by atoms with Crippen LogP contribution in [-0.4, -0.2) is 35.7 Å². The molecule has 1 aliphatic heterocycles. The second-order valence-corrected chi connectivity index (χ2v) is 7.19. The summed E-state index contributed by atoms with van der Waals surface area (Å²) in [5.41, 5.74) is 1.01. The highest BCUT2D eigenvalue weighted by Gasteiger charge is 2.33. The van der Waals surface area contributed by atoms with Gasteiger partial charge in [-0.25, -0.2) is 4.79 Å². The lowest BCUT2D eigenvalue weighted by atomic mass is 10.1. The van der Waals surface area contributed by atoms with Gasteiger partial charge in [0.05, 0.1) is 0 Å². The molecule has 0 radical (unpaired) electrons. The molecule has 112 valence electrons. The monoisotopic (exact) mass is 296 g/mol. The molecule has 5 heteroatoms. The Morgan fingerprint density at radius 1 is 1.50 bits per heavy atom. The van der Waals surface area contributed by atoms with E-state index in [1.165, 1.54) is 10.4 Å². The number of aryl methyl sites for hydroxylation is 1. The third-order valence-corrected chi connectivity index (χ3v) is 4.27. The molecule has 1 amide bonds. The number of hydrogen-bond acceptors (Lipinski definition) is 4. The van der Waals surface area contributed by atoms with E-state index in [1.807, 2.05) is 20.8 Å². The topological polar surface area (TPSA) is 41.6 Å². The Bertz CT molecular complexity index is 459. The third-order valence-electron chi connectivity index (χ3n) is 3.30. The maximum Gasteiger partial charge on any atom is 0.410 e. The standard InChI is InChI=1S/C15H24N2O2S/c1-5-11-6-7-20-13(11)8-16-12-9-17(10-12)14(18)19-15(2,3)4/h6-7,12,16H,5,8-10H2,1-4H3. The minimum Gasteiger partial charge on any atom is -0.444 e. The van der Waals surface area contributed by atoms with E-state index in [4.69, 9.17) is 4.74 Å². The summed E-state index contributed by atoms with van der Waals surface area (Å²) < 4.78 is 5.34. The van der Waals surface area contributed by atoms with Crippen molar-refractivity contribution in [3.8, 4) is 0 Å². The van der Waals surface area contributed by atoms with E-state index in [1.54, 1.807) is 16.2 Å². The maximum absolute atomic E-state index is 11.8. The molecule has 0 saturated carbocycles. The van der Waals surface area contributed by atoms with Crippen LogP contribution >= 0.6 is 11.3 Å². The van der Waals surface area contributed by atoms with Gasteiger partial charge in [-0.05, 0) is 44.2 Å². The fourth-order valence-corrected chi connectivity index (χ4v) is 3.08. The van der Waals surface area contributed by atoms with Gasteiger partial charge in [-0.1, -0.05) is 6.92 Å². The van der Waals surface area contributed by atoms with Crippen molar-refractivity contribution in [2.45, 2.75) is 52.3 Å². The summed E-state index contributed by atoms with van der Waals surface area (Å²) in [5, 5.41) is 5.65. The van der Waals surface area contributed by atoms with Crippen molar-refractivity contribution in [1.82, 2.24) is 10.2 Å². The second-order valence-electron chi connectivity index (χ2n) is 6.19. The molecule has 1 aliphatic rings. The average Bonchev–Trinajstić information content (AvgIpc) is 2.71. The number of rotatable bonds is 4. The highest BCUT2D eigenvalue weighted by atomic mass is 32.1. The Morgan fingerprint density at radius 2 is 2.20 bits per heavy atom. The fourth-order valence-electron chi connectivity index (χ4n) is 2.16. The average molecular weight is 296 g/mol. The normalized spacial score (nSPS) is 16.1. The molecule has 0 spiro atoms. The lowest BCUT2D eigenvalue weighted by molar-refractivity contribution is 0.00520. The Kier molecular flexibility index (Phi) is 4.70. The van der Waals surface area contributed by atoms with Gasteiger partial charge in [0, 0.05) is 30.6 Å². The van der Waals surface area contributed by atoms with Gasteiger partial charge >= 0.3 is 6.09 Å². The molecule has 0 aromatic carbocycles. The van der Waals surface area contributed by atoms with E-state index < -0.39 is 5.60 Å². The van der Waals surface area contributed by atoms with Gasteiger partial charge in [-0.15, -0.1) is 11.3 Å². The highest BCUT2D eigenvalue weighted by molar-refractivity contribution is 7.10. The molecular formula is C15H24N2O2S. The van der Waals surface area contributed by atoms with Crippen LogP contribution in [0.5, 0.6) is 0 Å². The van der Waals surface area contributed by atoms with Crippen LogP contribution < -0.4 is 5.32 Å². The molecule has 2 rings (SSSR count). The molecule has 1 N–H and O–H groups in total. The minimum atomic E-state index is -0.414. The van der Waals surface area contributed by atoms with Crippen LogP contribution in [0.4, 0.5) is 4.79 Å². The minimum absolute atomic E-state index is 0.207. The number of nitrogens with zero attached hydrogens (tertiary/aromatic N) is 1. The van der Waals surface area contributed by atoms with Gasteiger partial charge in [0.1, 0.15) is 5.60 Å². The molecule has 0 aliphatic carbocycles. The Labute approximate surface area is 125 Å². The lowest BCUT2D eigenvalue weighted by Crippen LogP contribution is -2.60. The number of hydrogen-bond donors (Lipinski definition) is 1. The van der Waals surface area contributed by atoms with Crippen LogP contribution in [0.1, 0.15) is 38.1 Å². The SMILES string of the molecule is CCc1ccsc1CNC1CN(C(=O)OC(C)(C)C)C1. The Hall–Kier alpha value is -1.07. The molecule has 0 unspecified atom stereocenters. The predicted molar refractivity (Wildman–Crippen MR) is 82.1 cm³/mol. The van der Waals surface area contributed by atoms with Gasteiger partial charge in [0.2, 0.25) is 0 Å². The first kappa shape index (κ1) is 15.3. The molecular weight excluding hydrogens is 272 g/mol. The summed E-state index contributed by atoms with van der Waals surface area (Å²) >= 11 is 1.80. The van der Waals surface area contributed by atoms with Crippen molar-refractivity contribution < 1.29 is 9.53 Å². The zero-order chi connectivity index (χ0) is 14.8. The van der Waals surface area contributed by atoms with Crippen LogP contribution in [0.2, 0.25) is 0 Å². The van der Waals surface area contributed by atoms with Crippen LogP contribution in [0, 0.1) is 0 Å². The molecule has 1 fully saturated rings. The molecule has 1 aromatic heterocycles. The molecule has 4 nitrogen and oxygen atoms in total. The molecule has 2 heterocycles.